The number of carbonyl (C=O) groups is 2. The molecule has 1 aromatic rings. The molecule has 0 saturated carbocycles. The normalized spacial score (nSPS) is 27.7. The van der Waals surface area contributed by atoms with Crippen LogP contribution >= 0.6 is 11.8 Å². The van der Waals surface area contributed by atoms with Crippen LogP contribution in [0.5, 0.6) is 0 Å². The average Bonchev–Trinajstić information content (AvgIpc) is 2.58. The van der Waals surface area contributed by atoms with Crippen molar-refractivity contribution in [3.63, 3.8) is 0 Å². The Bertz CT molecular complexity index is 628. The van der Waals surface area contributed by atoms with E-state index in [0.717, 1.165) is 12.8 Å². The van der Waals surface area contributed by atoms with Crippen LogP contribution in [-0.4, -0.2) is 52.9 Å². The zero-order valence-electron chi connectivity index (χ0n) is 13.4. The number of nitrogens with zero attached hydrogens (tertiary/aromatic N) is 1. The molecule has 3 atom stereocenters. The first-order chi connectivity index (χ1) is 11.5. The molecule has 3 unspecified atom stereocenters. The van der Waals surface area contributed by atoms with Crippen LogP contribution in [0.25, 0.3) is 0 Å². The van der Waals surface area contributed by atoms with Gasteiger partial charge in [-0.25, -0.2) is 4.39 Å². The van der Waals surface area contributed by atoms with Gasteiger partial charge in [-0.2, -0.15) is 0 Å². The number of benzene rings is 1. The third-order valence-electron chi connectivity index (χ3n) is 4.50. The highest BCUT2D eigenvalue weighted by molar-refractivity contribution is 8.00. The van der Waals surface area contributed by atoms with Gasteiger partial charge in [0.25, 0.3) is 0 Å². The maximum absolute atomic E-state index is 13.7. The Kier molecular flexibility index (Phi) is 5.40. The van der Waals surface area contributed by atoms with Gasteiger partial charge >= 0.3 is 0 Å². The van der Waals surface area contributed by atoms with E-state index in [-0.39, 0.29) is 28.9 Å². The molecular formula is C17H22FN3O2S. The van der Waals surface area contributed by atoms with Gasteiger partial charge in [0.15, 0.2) is 0 Å². The summed E-state index contributed by atoms with van der Waals surface area (Å²) in [6.45, 7) is 1.25. The van der Waals surface area contributed by atoms with Gasteiger partial charge in [0.05, 0.1) is 5.25 Å². The number of rotatable bonds is 3. The number of nitrogens with two attached hydrogens (primary N) is 1. The van der Waals surface area contributed by atoms with E-state index in [1.807, 2.05) is 0 Å². The molecule has 0 radical (unpaired) electrons. The smallest absolute Gasteiger partial charge is 0.246 e. The van der Waals surface area contributed by atoms with Crippen LogP contribution in [-0.2, 0) is 16.0 Å². The number of likely N-dealkylation sites (tertiary alicyclic amines) is 1. The Morgan fingerprint density at radius 3 is 2.92 bits per heavy atom. The summed E-state index contributed by atoms with van der Waals surface area (Å²) >= 11 is 1.42. The first-order valence-electron chi connectivity index (χ1n) is 8.24. The van der Waals surface area contributed by atoms with Crippen LogP contribution < -0.4 is 11.1 Å². The highest BCUT2D eigenvalue weighted by Gasteiger charge is 2.35. The van der Waals surface area contributed by atoms with Crippen LogP contribution in [0.2, 0.25) is 0 Å². The monoisotopic (exact) mass is 351 g/mol. The fourth-order valence-electron chi connectivity index (χ4n) is 3.17. The van der Waals surface area contributed by atoms with Gasteiger partial charge < -0.3 is 16.0 Å². The fourth-order valence-corrected chi connectivity index (χ4v) is 4.34. The average molecular weight is 351 g/mol. The molecule has 0 aromatic heterocycles. The molecule has 0 aliphatic carbocycles. The quantitative estimate of drug-likeness (QED) is 0.849. The number of amides is 2. The van der Waals surface area contributed by atoms with Crippen molar-refractivity contribution in [2.45, 2.75) is 36.6 Å². The lowest BCUT2D eigenvalue weighted by Crippen LogP contribution is -2.57. The largest absolute Gasteiger partial charge is 0.343 e. The number of halogens is 1. The predicted molar refractivity (Wildman–Crippen MR) is 92.1 cm³/mol. The van der Waals surface area contributed by atoms with Crippen molar-refractivity contribution in [3.8, 4) is 0 Å². The fraction of sp³-hybridized carbons (Fsp3) is 0.529. The lowest BCUT2D eigenvalue weighted by Gasteiger charge is -2.36. The van der Waals surface area contributed by atoms with E-state index in [1.54, 1.807) is 23.1 Å². The van der Waals surface area contributed by atoms with Crippen molar-refractivity contribution in [2.24, 2.45) is 5.73 Å². The van der Waals surface area contributed by atoms with E-state index in [2.05, 4.69) is 5.32 Å². The van der Waals surface area contributed by atoms with Gasteiger partial charge in [0.1, 0.15) is 11.9 Å². The molecule has 2 aliphatic heterocycles. The van der Waals surface area contributed by atoms with Crippen LogP contribution in [0.3, 0.4) is 0 Å². The zero-order valence-corrected chi connectivity index (χ0v) is 14.2. The summed E-state index contributed by atoms with van der Waals surface area (Å²) in [5.74, 6) is -0.0500. The Labute approximate surface area is 145 Å². The molecular weight excluding hydrogens is 329 g/mol. The Balaban J connectivity index is 1.58. The van der Waals surface area contributed by atoms with E-state index < -0.39 is 6.04 Å². The molecule has 5 nitrogen and oxygen atoms in total. The summed E-state index contributed by atoms with van der Waals surface area (Å²) in [4.78, 5) is 26.6. The second-order valence-corrected chi connectivity index (χ2v) is 7.60. The zero-order chi connectivity index (χ0) is 17.1. The number of piperidine rings is 1. The minimum Gasteiger partial charge on any atom is -0.343 e. The molecule has 3 N–H and O–H groups in total. The molecule has 24 heavy (non-hydrogen) atoms. The minimum atomic E-state index is -0.510. The summed E-state index contributed by atoms with van der Waals surface area (Å²) in [7, 11) is 0. The number of nitrogens with one attached hydrogen (secondary N) is 1. The van der Waals surface area contributed by atoms with Gasteiger partial charge in [0, 0.05) is 24.9 Å². The van der Waals surface area contributed by atoms with Crippen molar-refractivity contribution in [1.82, 2.24) is 10.2 Å². The molecule has 2 aliphatic rings. The van der Waals surface area contributed by atoms with E-state index in [0.29, 0.717) is 30.8 Å². The van der Waals surface area contributed by atoms with Crippen molar-refractivity contribution < 1.29 is 14.0 Å². The van der Waals surface area contributed by atoms with Crippen LogP contribution in [0.1, 0.15) is 18.4 Å². The minimum absolute atomic E-state index is 0.0171. The van der Waals surface area contributed by atoms with Gasteiger partial charge in [-0.1, -0.05) is 18.2 Å². The maximum Gasteiger partial charge on any atom is 0.246 e. The molecule has 3 rings (SSSR count). The van der Waals surface area contributed by atoms with E-state index in [9.17, 15) is 14.0 Å². The summed E-state index contributed by atoms with van der Waals surface area (Å²) < 4.78 is 13.7. The van der Waals surface area contributed by atoms with Gasteiger partial charge in [-0.15, -0.1) is 11.8 Å². The van der Waals surface area contributed by atoms with E-state index >= 15 is 0 Å². The third-order valence-corrected chi connectivity index (χ3v) is 5.81. The third kappa shape index (κ3) is 3.89. The number of thioether (sulfide) groups is 1. The first-order valence-corrected chi connectivity index (χ1v) is 9.29. The predicted octanol–water partition coefficient (Wildman–Crippen LogP) is 0.918. The highest BCUT2D eigenvalue weighted by atomic mass is 32.2. The topological polar surface area (TPSA) is 75.4 Å². The SMILES string of the molecule is NC1CCCN(C(=O)C2CSC(Cc3ccccc3F)C(=O)N2)C1. The Morgan fingerprint density at radius 1 is 1.42 bits per heavy atom. The van der Waals surface area contributed by atoms with Crippen LogP contribution in [0.4, 0.5) is 4.39 Å². The second kappa shape index (κ2) is 7.53. The molecule has 2 amide bonds. The number of carbonyl (C=O) groups excluding carboxylic acids is 2. The molecule has 2 saturated heterocycles. The molecule has 0 bridgehead atoms. The van der Waals surface area contributed by atoms with Crippen LogP contribution in [0.15, 0.2) is 24.3 Å². The molecule has 1 aromatic carbocycles. The lowest BCUT2D eigenvalue weighted by molar-refractivity contribution is -0.137. The second-order valence-electron chi connectivity index (χ2n) is 6.37. The Hall–Kier alpha value is -1.60. The van der Waals surface area contributed by atoms with Crippen molar-refractivity contribution in [1.29, 1.82) is 0 Å². The standard InChI is InChI=1S/C17H22FN3O2S/c18-13-6-2-1-4-11(13)8-15-16(22)20-14(10-24-15)17(23)21-7-3-5-12(19)9-21/h1-2,4,6,12,14-15H,3,5,7-10,19H2,(H,20,22). The molecule has 2 fully saturated rings. The van der Waals surface area contributed by atoms with Crippen LogP contribution in [0, 0.1) is 5.82 Å². The van der Waals surface area contributed by atoms with Gasteiger partial charge in [-0.05, 0) is 30.9 Å². The van der Waals surface area contributed by atoms with Crippen molar-refractivity contribution >= 4 is 23.6 Å². The van der Waals surface area contributed by atoms with Crippen molar-refractivity contribution in [2.75, 3.05) is 18.8 Å². The summed E-state index contributed by atoms with van der Waals surface area (Å²) in [5, 5.41) is 2.44. The summed E-state index contributed by atoms with van der Waals surface area (Å²) in [6.07, 6.45) is 2.16. The summed E-state index contributed by atoms with van der Waals surface area (Å²) in [5.41, 5.74) is 6.44. The Morgan fingerprint density at radius 2 is 2.21 bits per heavy atom. The lowest BCUT2D eigenvalue weighted by atomic mass is 10.1. The molecule has 0 spiro atoms. The van der Waals surface area contributed by atoms with E-state index in [1.165, 1.54) is 17.8 Å². The molecule has 7 heteroatoms. The first kappa shape index (κ1) is 17.2. The highest BCUT2D eigenvalue weighted by Crippen LogP contribution is 2.24. The summed E-state index contributed by atoms with van der Waals surface area (Å²) in [6, 6.07) is 5.98. The molecule has 2 heterocycles. The van der Waals surface area contributed by atoms with Gasteiger partial charge in [0.2, 0.25) is 11.8 Å². The van der Waals surface area contributed by atoms with Crippen molar-refractivity contribution in [3.05, 3.63) is 35.6 Å². The molecule has 130 valence electrons. The number of hydrogen-bond donors (Lipinski definition) is 2. The van der Waals surface area contributed by atoms with Gasteiger partial charge in [-0.3, -0.25) is 9.59 Å². The maximum atomic E-state index is 13.7. The number of hydrogen-bond acceptors (Lipinski definition) is 4. The van der Waals surface area contributed by atoms with E-state index in [4.69, 9.17) is 5.73 Å².